The lowest BCUT2D eigenvalue weighted by molar-refractivity contribution is 0.404. The van der Waals surface area contributed by atoms with E-state index in [0.29, 0.717) is 17.2 Å². The fraction of sp³-hybridized carbons (Fsp3) is 0.250. The molecule has 2 aromatic carbocycles. The Bertz CT molecular complexity index is 775. The molecule has 0 saturated heterocycles. The van der Waals surface area contributed by atoms with Crippen molar-refractivity contribution in [2.24, 2.45) is 0 Å². The topological polar surface area (TPSA) is 55.8 Å². The third-order valence-electron chi connectivity index (χ3n) is 3.34. The van der Waals surface area contributed by atoms with Gasteiger partial charge in [-0.05, 0) is 43.3 Å². The molecule has 124 valence electrons. The molecule has 0 amide bonds. The van der Waals surface area contributed by atoms with Crippen molar-refractivity contribution in [2.75, 3.05) is 25.1 Å². The monoisotopic (exact) mass is 399 g/mol. The molecule has 0 N–H and O–H groups in total. The summed E-state index contributed by atoms with van der Waals surface area (Å²) >= 11 is 3.31. The van der Waals surface area contributed by atoms with Crippen LogP contribution in [0.25, 0.3) is 0 Å². The molecule has 7 heteroatoms. The first-order valence-corrected chi connectivity index (χ1v) is 9.17. The van der Waals surface area contributed by atoms with Crippen LogP contribution in [0.4, 0.5) is 5.69 Å². The lowest BCUT2D eigenvalue weighted by Crippen LogP contribution is -2.31. The van der Waals surface area contributed by atoms with Gasteiger partial charge < -0.3 is 9.47 Å². The van der Waals surface area contributed by atoms with Crippen molar-refractivity contribution in [2.45, 2.75) is 11.8 Å². The summed E-state index contributed by atoms with van der Waals surface area (Å²) in [6.45, 7) is 2.04. The van der Waals surface area contributed by atoms with Crippen LogP contribution >= 0.6 is 15.9 Å². The number of rotatable bonds is 6. The minimum Gasteiger partial charge on any atom is -0.497 e. The van der Waals surface area contributed by atoms with Crippen molar-refractivity contribution in [1.29, 1.82) is 0 Å². The molecule has 0 bridgehead atoms. The molecule has 0 radical (unpaired) electrons. The summed E-state index contributed by atoms with van der Waals surface area (Å²) in [5.74, 6) is 1.03. The lowest BCUT2D eigenvalue weighted by atomic mass is 10.2. The molecule has 23 heavy (non-hydrogen) atoms. The Morgan fingerprint density at radius 1 is 1.04 bits per heavy atom. The Hall–Kier alpha value is -1.73. The van der Waals surface area contributed by atoms with Gasteiger partial charge in [0.2, 0.25) is 0 Å². The van der Waals surface area contributed by atoms with Gasteiger partial charge in [-0.1, -0.05) is 15.9 Å². The highest BCUT2D eigenvalue weighted by Gasteiger charge is 2.26. The molecule has 0 aliphatic heterocycles. The van der Waals surface area contributed by atoms with E-state index >= 15 is 0 Å². The van der Waals surface area contributed by atoms with Gasteiger partial charge in [0.05, 0.1) is 24.8 Å². The summed E-state index contributed by atoms with van der Waals surface area (Å²) in [5, 5.41) is 0. The van der Waals surface area contributed by atoms with E-state index in [2.05, 4.69) is 15.9 Å². The first-order chi connectivity index (χ1) is 10.9. The molecule has 0 fully saturated rings. The van der Waals surface area contributed by atoms with Gasteiger partial charge in [0.1, 0.15) is 11.5 Å². The van der Waals surface area contributed by atoms with E-state index in [0.717, 1.165) is 4.47 Å². The largest absolute Gasteiger partial charge is 0.497 e. The van der Waals surface area contributed by atoms with Crippen LogP contribution in [0.15, 0.2) is 51.8 Å². The number of sulfonamides is 1. The predicted octanol–water partition coefficient (Wildman–Crippen LogP) is 3.68. The Labute approximate surface area is 145 Å². The summed E-state index contributed by atoms with van der Waals surface area (Å²) < 4.78 is 38.5. The maximum absolute atomic E-state index is 13.0. The number of benzene rings is 2. The molecular formula is C16H18BrNO4S. The van der Waals surface area contributed by atoms with E-state index in [9.17, 15) is 8.42 Å². The minimum atomic E-state index is -3.70. The number of halogens is 1. The second kappa shape index (κ2) is 7.23. The van der Waals surface area contributed by atoms with Gasteiger partial charge >= 0.3 is 0 Å². The van der Waals surface area contributed by atoms with Crippen LogP contribution in [-0.2, 0) is 10.0 Å². The van der Waals surface area contributed by atoms with Gasteiger partial charge in [-0.3, -0.25) is 4.31 Å². The number of hydrogen-bond donors (Lipinski definition) is 0. The molecule has 0 unspecified atom stereocenters. The molecule has 0 heterocycles. The maximum atomic E-state index is 13.0. The molecule has 0 spiro atoms. The highest BCUT2D eigenvalue weighted by atomic mass is 79.9. The average molecular weight is 400 g/mol. The van der Waals surface area contributed by atoms with Gasteiger partial charge in [-0.15, -0.1) is 0 Å². The van der Waals surface area contributed by atoms with Gasteiger partial charge in [0, 0.05) is 17.1 Å². The summed E-state index contributed by atoms with van der Waals surface area (Å²) in [6, 6.07) is 11.6. The van der Waals surface area contributed by atoms with Crippen LogP contribution < -0.4 is 13.8 Å². The van der Waals surface area contributed by atoms with E-state index in [1.165, 1.54) is 18.5 Å². The lowest BCUT2D eigenvalue weighted by Gasteiger charge is -2.25. The standard InChI is InChI=1S/C16H18BrNO4S/c1-4-18(15-11-13(21-2)7-10-16(15)22-3)23(19,20)14-8-5-12(17)6-9-14/h5-11H,4H2,1-3H3. The van der Waals surface area contributed by atoms with Crippen molar-refractivity contribution in [1.82, 2.24) is 0 Å². The number of methoxy groups -OCH3 is 2. The Kier molecular flexibility index (Phi) is 5.54. The number of anilines is 1. The van der Waals surface area contributed by atoms with Crippen LogP contribution in [0.5, 0.6) is 11.5 Å². The normalized spacial score (nSPS) is 11.1. The first-order valence-electron chi connectivity index (χ1n) is 6.94. The second-order valence-electron chi connectivity index (χ2n) is 4.66. The van der Waals surface area contributed by atoms with Crippen LogP contribution in [0.1, 0.15) is 6.92 Å². The van der Waals surface area contributed by atoms with Crippen LogP contribution in [0.2, 0.25) is 0 Å². The van der Waals surface area contributed by atoms with Crippen molar-refractivity contribution < 1.29 is 17.9 Å². The second-order valence-corrected chi connectivity index (χ2v) is 7.44. The Balaban J connectivity index is 2.56. The first kappa shape index (κ1) is 17.6. The third kappa shape index (κ3) is 3.61. The van der Waals surface area contributed by atoms with Crippen LogP contribution in [0, 0.1) is 0 Å². The smallest absolute Gasteiger partial charge is 0.264 e. The Morgan fingerprint density at radius 2 is 1.70 bits per heavy atom. The van der Waals surface area contributed by atoms with Crippen molar-refractivity contribution in [3.63, 3.8) is 0 Å². The van der Waals surface area contributed by atoms with E-state index in [1.54, 1.807) is 49.4 Å². The summed E-state index contributed by atoms with van der Waals surface area (Å²) in [7, 11) is -0.663. The van der Waals surface area contributed by atoms with E-state index in [-0.39, 0.29) is 11.4 Å². The molecule has 0 saturated carbocycles. The molecule has 0 atom stereocenters. The van der Waals surface area contributed by atoms with Gasteiger partial charge in [-0.2, -0.15) is 0 Å². The molecule has 0 aromatic heterocycles. The zero-order chi connectivity index (χ0) is 17.0. The molecule has 2 rings (SSSR count). The highest BCUT2D eigenvalue weighted by molar-refractivity contribution is 9.10. The van der Waals surface area contributed by atoms with Gasteiger partial charge in [0.15, 0.2) is 0 Å². The molecule has 5 nitrogen and oxygen atoms in total. The van der Waals surface area contributed by atoms with Gasteiger partial charge in [-0.25, -0.2) is 8.42 Å². The van der Waals surface area contributed by atoms with Gasteiger partial charge in [0.25, 0.3) is 10.0 Å². The number of hydrogen-bond acceptors (Lipinski definition) is 4. The highest BCUT2D eigenvalue weighted by Crippen LogP contribution is 2.35. The molecular weight excluding hydrogens is 382 g/mol. The summed E-state index contributed by atoms with van der Waals surface area (Å²) in [5.41, 5.74) is 0.442. The average Bonchev–Trinajstić information content (AvgIpc) is 2.55. The van der Waals surface area contributed by atoms with E-state index in [1.807, 2.05) is 0 Å². The summed E-state index contributed by atoms with van der Waals surface area (Å²) in [4.78, 5) is 0.215. The van der Waals surface area contributed by atoms with E-state index in [4.69, 9.17) is 9.47 Å². The maximum Gasteiger partial charge on any atom is 0.264 e. The van der Waals surface area contributed by atoms with E-state index < -0.39 is 10.0 Å². The molecule has 2 aromatic rings. The van der Waals surface area contributed by atoms with Crippen molar-refractivity contribution in [3.05, 3.63) is 46.9 Å². The quantitative estimate of drug-likeness (QED) is 0.743. The van der Waals surface area contributed by atoms with Crippen LogP contribution in [0.3, 0.4) is 0 Å². The number of ether oxygens (including phenoxy) is 2. The summed E-state index contributed by atoms with van der Waals surface area (Å²) in [6.07, 6.45) is 0. The Morgan fingerprint density at radius 3 is 2.22 bits per heavy atom. The van der Waals surface area contributed by atoms with Crippen LogP contribution in [-0.4, -0.2) is 29.2 Å². The van der Waals surface area contributed by atoms with Crippen molar-refractivity contribution in [3.8, 4) is 11.5 Å². The zero-order valence-electron chi connectivity index (χ0n) is 13.1. The fourth-order valence-electron chi connectivity index (χ4n) is 2.20. The fourth-order valence-corrected chi connectivity index (χ4v) is 3.94. The SMILES string of the molecule is CCN(c1cc(OC)ccc1OC)S(=O)(=O)c1ccc(Br)cc1. The molecule has 0 aliphatic rings. The van der Waals surface area contributed by atoms with Crippen molar-refractivity contribution >= 4 is 31.6 Å². The molecule has 0 aliphatic carbocycles. The predicted molar refractivity (Wildman–Crippen MR) is 93.9 cm³/mol. The minimum absolute atomic E-state index is 0.215. The zero-order valence-corrected chi connectivity index (χ0v) is 15.5. The number of nitrogens with zero attached hydrogens (tertiary/aromatic N) is 1. The third-order valence-corrected chi connectivity index (χ3v) is 5.78.